The molecule has 0 saturated carbocycles. The van der Waals surface area contributed by atoms with E-state index in [1.165, 1.54) is 29.5 Å². The van der Waals surface area contributed by atoms with Crippen molar-refractivity contribution in [3.8, 4) is 5.75 Å². The third-order valence-corrected chi connectivity index (χ3v) is 3.52. The number of fused-ring (bicyclic) bond motifs is 1. The summed E-state index contributed by atoms with van der Waals surface area (Å²) in [6.07, 6.45) is 1.61. The highest BCUT2D eigenvalue weighted by Crippen LogP contribution is 2.36. The zero-order valence-corrected chi connectivity index (χ0v) is 9.54. The first-order chi connectivity index (χ1) is 8.24. The van der Waals surface area contributed by atoms with E-state index in [-0.39, 0.29) is 18.3 Å². The van der Waals surface area contributed by atoms with Crippen molar-refractivity contribution in [3.63, 3.8) is 0 Å². The molecule has 1 aliphatic heterocycles. The highest BCUT2D eigenvalue weighted by atomic mass is 32.1. The van der Waals surface area contributed by atoms with Crippen molar-refractivity contribution in [1.29, 1.82) is 0 Å². The molecule has 86 valence electrons. The molecule has 1 aromatic carbocycles. The monoisotopic (exact) mass is 249 g/mol. The number of thiazole rings is 1. The molecule has 17 heavy (non-hydrogen) atoms. The van der Waals surface area contributed by atoms with Gasteiger partial charge in [0.05, 0.1) is 22.4 Å². The van der Waals surface area contributed by atoms with Crippen molar-refractivity contribution in [3.05, 3.63) is 46.2 Å². The second-order valence-electron chi connectivity index (χ2n) is 3.78. The highest BCUT2D eigenvalue weighted by molar-refractivity contribution is 7.09. The molecule has 1 aliphatic rings. The summed E-state index contributed by atoms with van der Waals surface area (Å²) >= 11 is 1.43. The lowest BCUT2D eigenvalue weighted by atomic mass is 10.00. The lowest BCUT2D eigenvalue weighted by Crippen LogP contribution is -2.19. The summed E-state index contributed by atoms with van der Waals surface area (Å²) in [4.78, 5) is 16.7. The van der Waals surface area contributed by atoms with Crippen LogP contribution in [0.1, 0.15) is 27.8 Å². The summed E-state index contributed by atoms with van der Waals surface area (Å²) in [6, 6.07) is 3.99. The Bertz CT molecular complexity index is 568. The van der Waals surface area contributed by atoms with Gasteiger partial charge in [0.2, 0.25) is 0 Å². The van der Waals surface area contributed by atoms with Crippen LogP contribution in [0.2, 0.25) is 0 Å². The second kappa shape index (κ2) is 3.92. The van der Waals surface area contributed by atoms with E-state index < -0.39 is 5.82 Å². The standard InChI is InChI=1S/C12H8FNO2S/c13-7-1-2-8-9(15)4-11(16-10(8)3-7)12-5-14-6-17-12/h1-3,5-6,11H,4H2. The Morgan fingerprint density at radius 1 is 1.47 bits per heavy atom. The van der Waals surface area contributed by atoms with E-state index in [0.717, 1.165) is 4.88 Å². The van der Waals surface area contributed by atoms with E-state index >= 15 is 0 Å². The zero-order chi connectivity index (χ0) is 11.8. The summed E-state index contributed by atoms with van der Waals surface area (Å²) in [5, 5.41) is 0. The van der Waals surface area contributed by atoms with Crippen LogP contribution < -0.4 is 4.74 Å². The average molecular weight is 249 g/mol. The molecule has 0 aliphatic carbocycles. The van der Waals surface area contributed by atoms with Gasteiger partial charge >= 0.3 is 0 Å². The van der Waals surface area contributed by atoms with Gasteiger partial charge < -0.3 is 4.74 Å². The number of hydrogen-bond acceptors (Lipinski definition) is 4. The number of aromatic nitrogens is 1. The highest BCUT2D eigenvalue weighted by Gasteiger charge is 2.28. The SMILES string of the molecule is O=C1CC(c2cncs2)Oc2cc(F)ccc21. The van der Waals surface area contributed by atoms with Crippen LogP contribution in [0.4, 0.5) is 4.39 Å². The largest absolute Gasteiger partial charge is 0.483 e. The quantitative estimate of drug-likeness (QED) is 0.780. The minimum atomic E-state index is -0.401. The number of ether oxygens (including phenoxy) is 1. The molecule has 2 aromatic rings. The molecule has 0 saturated heterocycles. The molecule has 0 N–H and O–H groups in total. The Labute approximate surface area is 101 Å². The van der Waals surface area contributed by atoms with Crippen molar-refractivity contribution in [1.82, 2.24) is 4.98 Å². The third kappa shape index (κ3) is 1.82. The van der Waals surface area contributed by atoms with Crippen LogP contribution in [0.25, 0.3) is 0 Å². The molecule has 0 amide bonds. The van der Waals surface area contributed by atoms with E-state index in [2.05, 4.69) is 4.98 Å². The number of nitrogens with zero attached hydrogens (tertiary/aromatic N) is 1. The molecular formula is C12H8FNO2S. The lowest BCUT2D eigenvalue weighted by Gasteiger charge is -2.23. The second-order valence-corrected chi connectivity index (χ2v) is 4.70. The van der Waals surface area contributed by atoms with Gasteiger partial charge in [0, 0.05) is 12.3 Å². The predicted molar refractivity (Wildman–Crippen MR) is 60.8 cm³/mol. The predicted octanol–water partition coefficient (Wildman–Crippen LogP) is 2.99. The Kier molecular flexibility index (Phi) is 2.40. The Morgan fingerprint density at radius 3 is 3.12 bits per heavy atom. The first kappa shape index (κ1) is 10.4. The number of carbonyl (C=O) groups excluding carboxylic acids is 1. The fourth-order valence-corrected chi connectivity index (χ4v) is 2.49. The average Bonchev–Trinajstić information content (AvgIpc) is 2.81. The Hall–Kier alpha value is -1.75. The summed E-state index contributed by atoms with van der Waals surface area (Å²) in [5.74, 6) is -0.106. The summed E-state index contributed by atoms with van der Waals surface area (Å²) in [6.45, 7) is 0. The molecule has 0 bridgehead atoms. The van der Waals surface area contributed by atoms with Crippen LogP contribution in [-0.2, 0) is 0 Å². The van der Waals surface area contributed by atoms with Crippen molar-refractivity contribution < 1.29 is 13.9 Å². The van der Waals surface area contributed by atoms with Crippen LogP contribution in [-0.4, -0.2) is 10.8 Å². The van der Waals surface area contributed by atoms with Gasteiger partial charge in [0.15, 0.2) is 5.78 Å². The fraction of sp³-hybridized carbons (Fsp3) is 0.167. The van der Waals surface area contributed by atoms with Gasteiger partial charge in [0.1, 0.15) is 17.7 Å². The maximum Gasteiger partial charge on any atom is 0.170 e. The minimum Gasteiger partial charge on any atom is -0.483 e. The van der Waals surface area contributed by atoms with Gasteiger partial charge in [-0.1, -0.05) is 0 Å². The van der Waals surface area contributed by atoms with Gasteiger partial charge in [0.25, 0.3) is 0 Å². The first-order valence-electron chi connectivity index (χ1n) is 5.12. The number of ketones is 1. The Morgan fingerprint density at radius 2 is 2.35 bits per heavy atom. The van der Waals surface area contributed by atoms with Crippen molar-refractivity contribution in [2.75, 3.05) is 0 Å². The number of rotatable bonds is 1. The topological polar surface area (TPSA) is 39.2 Å². The molecule has 5 heteroatoms. The molecule has 0 radical (unpaired) electrons. The number of benzene rings is 1. The van der Waals surface area contributed by atoms with Gasteiger partial charge in [-0.25, -0.2) is 4.39 Å². The van der Waals surface area contributed by atoms with Gasteiger partial charge in [-0.05, 0) is 12.1 Å². The van der Waals surface area contributed by atoms with Crippen LogP contribution in [0.15, 0.2) is 29.9 Å². The maximum absolute atomic E-state index is 13.1. The third-order valence-electron chi connectivity index (χ3n) is 2.65. The molecule has 2 heterocycles. The van der Waals surface area contributed by atoms with E-state index in [1.54, 1.807) is 11.7 Å². The first-order valence-corrected chi connectivity index (χ1v) is 6.00. The molecule has 3 rings (SSSR count). The van der Waals surface area contributed by atoms with Gasteiger partial charge in [-0.3, -0.25) is 9.78 Å². The Balaban J connectivity index is 2.00. The fourth-order valence-electron chi connectivity index (χ4n) is 1.84. The van der Waals surface area contributed by atoms with Crippen molar-refractivity contribution in [2.45, 2.75) is 12.5 Å². The van der Waals surface area contributed by atoms with Crippen molar-refractivity contribution in [2.24, 2.45) is 0 Å². The van der Waals surface area contributed by atoms with E-state index in [4.69, 9.17) is 4.74 Å². The molecule has 3 nitrogen and oxygen atoms in total. The number of Topliss-reactive ketones (excluding diaryl/α,β-unsaturated/α-hetero) is 1. The van der Waals surface area contributed by atoms with Gasteiger partial charge in [-0.15, -0.1) is 11.3 Å². The molecule has 1 atom stereocenters. The zero-order valence-electron chi connectivity index (χ0n) is 8.72. The number of halogens is 1. The maximum atomic E-state index is 13.1. The summed E-state index contributed by atoms with van der Waals surface area (Å²) in [7, 11) is 0. The van der Waals surface area contributed by atoms with Gasteiger partial charge in [-0.2, -0.15) is 0 Å². The van der Waals surface area contributed by atoms with Crippen LogP contribution in [0.3, 0.4) is 0 Å². The molecule has 1 unspecified atom stereocenters. The molecular weight excluding hydrogens is 241 g/mol. The molecule has 0 fully saturated rings. The van der Waals surface area contributed by atoms with E-state index in [1.807, 2.05) is 0 Å². The molecule has 0 spiro atoms. The van der Waals surface area contributed by atoms with E-state index in [9.17, 15) is 9.18 Å². The normalized spacial score (nSPS) is 18.6. The minimum absolute atomic E-state index is 0.0235. The van der Waals surface area contributed by atoms with Crippen LogP contribution >= 0.6 is 11.3 Å². The summed E-state index contributed by atoms with van der Waals surface area (Å²) in [5.41, 5.74) is 2.14. The summed E-state index contributed by atoms with van der Waals surface area (Å²) < 4.78 is 18.7. The van der Waals surface area contributed by atoms with E-state index in [0.29, 0.717) is 11.3 Å². The molecule has 1 aromatic heterocycles. The van der Waals surface area contributed by atoms with Crippen LogP contribution in [0.5, 0.6) is 5.75 Å². The number of hydrogen-bond donors (Lipinski definition) is 0. The smallest absolute Gasteiger partial charge is 0.170 e. The number of carbonyl (C=O) groups is 1. The van der Waals surface area contributed by atoms with Crippen molar-refractivity contribution >= 4 is 17.1 Å². The van der Waals surface area contributed by atoms with Crippen LogP contribution in [0, 0.1) is 5.82 Å². The lowest BCUT2D eigenvalue weighted by molar-refractivity contribution is 0.0853.